The van der Waals surface area contributed by atoms with E-state index in [4.69, 9.17) is 11.6 Å². The number of H-pyrrole nitrogens is 1. The Morgan fingerprint density at radius 2 is 2.17 bits per heavy atom. The topological polar surface area (TPSA) is 45.8 Å². The molecule has 3 nitrogen and oxygen atoms in total. The quantitative estimate of drug-likeness (QED) is 0.874. The highest BCUT2D eigenvalue weighted by Crippen LogP contribution is 2.29. The molecule has 1 aromatic carbocycles. The van der Waals surface area contributed by atoms with Crippen molar-refractivity contribution in [3.63, 3.8) is 0 Å². The third-order valence-electron chi connectivity index (χ3n) is 3.13. The zero-order chi connectivity index (χ0) is 12.7. The van der Waals surface area contributed by atoms with Gasteiger partial charge >= 0.3 is 0 Å². The lowest BCUT2D eigenvalue weighted by Crippen LogP contribution is -2.15. The number of hydrogen-bond acceptors (Lipinski definition) is 2. The van der Waals surface area contributed by atoms with Crippen LogP contribution in [0.4, 0.5) is 0 Å². The first-order chi connectivity index (χ1) is 8.65. The number of nitrogens with zero attached hydrogens (tertiary/aromatic N) is 1. The van der Waals surface area contributed by atoms with Crippen LogP contribution in [0.2, 0.25) is 5.02 Å². The Hall–Kier alpha value is -1.13. The maximum absolute atomic E-state index is 12.0. The molecule has 0 unspecified atom stereocenters. The lowest BCUT2D eigenvalue weighted by molar-refractivity contribution is 0.899. The molecule has 0 aliphatic heterocycles. The normalized spacial score (nSPS) is 13.7. The van der Waals surface area contributed by atoms with Crippen LogP contribution in [0.5, 0.6) is 0 Å². The van der Waals surface area contributed by atoms with E-state index in [1.165, 1.54) is 0 Å². The molecule has 3 rings (SSSR count). The van der Waals surface area contributed by atoms with Gasteiger partial charge in [-0.1, -0.05) is 27.5 Å². The minimum Gasteiger partial charge on any atom is -0.306 e. The molecule has 92 valence electrons. The van der Waals surface area contributed by atoms with E-state index in [0.29, 0.717) is 10.8 Å². The fourth-order valence-corrected chi connectivity index (χ4v) is 2.82. The summed E-state index contributed by atoms with van der Waals surface area (Å²) < 4.78 is 0.907. The first-order valence-electron chi connectivity index (χ1n) is 5.72. The largest absolute Gasteiger partial charge is 0.306 e. The van der Waals surface area contributed by atoms with Crippen LogP contribution in [0.1, 0.15) is 17.7 Å². The summed E-state index contributed by atoms with van der Waals surface area (Å²) in [6, 6.07) is 5.51. The minimum absolute atomic E-state index is 0.0384. The second-order valence-electron chi connectivity index (χ2n) is 4.32. The Kier molecular flexibility index (Phi) is 2.99. The van der Waals surface area contributed by atoms with Gasteiger partial charge in [-0.15, -0.1) is 0 Å². The number of fused-ring (bicyclic) bond motifs is 1. The average Bonchev–Trinajstić information content (AvgIpc) is 2.81. The fraction of sp³-hybridized carbons (Fsp3) is 0.231. The van der Waals surface area contributed by atoms with Gasteiger partial charge in [0.2, 0.25) is 0 Å². The number of aromatic nitrogens is 2. The summed E-state index contributed by atoms with van der Waals surface area (Å²) in [6.07, 6.45) is 2.70. The SMILES string of the molecule is O=c1[nH]c(-c2cc(Br)ccc2Cl)nc2c1CCC2. The van der Waals surface area contributed by atoms with E-state index in [1.54, 1.807) is 6.07 Å². The molecular weight excluding hydrogens is 316 g/mol. The van der Waals surface area contributed by atoms with Crippen LogP contribution in [0.3, 0.4) is 0 Å². The summed E-state index contributed by atoms with van der Waals surface area (Å²) in [5.41, 5.74) is 2.44. The third kappa shape index (κ3) is 1.99. The van der Waals surface area contributed by atoms with Crippen LogP contribution in [0, 0.1) is 0 Å². The molecular formula is C13H10BrClN2O. The fourth-order valence-electron chi connectivity index (χ4n) is 2.25. The van der Waals surface area contributed by atoms with Crippen molar-refractivity contribution in [1.29, 1.82) is 0 Å². The Labute approximate surface area is 117 Å². The van der Waals surface area contributed by atoms with Gasteiger partial charge in [0.25, 0.3) is 5.56 Å². The van der Waals surface area contributed by atoms with E-state index in [-0.39, 0.29) is 5.56 Å². The Morgan fingerprint density at radius 1 is 1.33 bits per heavy atom. The van der Waals surface area contributed by atoms with Gasteiger partial charge in [-0.25, -0.2) is 4.98 Å². The predicted molar refractivity (Wildman–Crippen MR) is 75.0 cm³/mol. The van der Waals surface area contributed by atoms with Crippen molar-refractivity contribution in [3.8, 4) is 11.4 Å². The summed E-state index contributed by atoms with van der Waals surface area (Å²) in [6.45, 7) is 0. The van der Waals surface area contributed by atoms with Crippen molar-refractivity contribution < 1.29 is 0 Å². The summed E-state index contributed by atoms with van der Waals surface area (Å²) in [5.74, 6) is 0.548. The van der Waals surface area contributed by atoms with Crippen LogP contribution in [0.25, 0.3) is 11.4 Å². The highest BCUT2D eigenvalue weighted by atomic mass is 79.9. The highest BCUT2D eigenvalue weighted by Gasteiger charge is 2.18. The Bertz CT molecular complexity index is 681. The predicted octanol–water partition coefficient (Wildman–Crippen LogP) is 3.34. The van der Waals surface area contributed by atoms with Crippen molar-refractivity contribution in [2.45, 2.75) is 19.3 Å². The van der Waals surface area contributed by atoms with Crippen LogP contribution in [0.15, 0.2) is 27.5 Å². The van der Waals surface area contributed by atoms with Crippen LogP contribution in [-0.2, 0) is 12.8 Å². The van der Waals surface area contributed by atoms with E-state index < -0.39 is 0 Å². The number of halogens is 2. The van der Waals surface area contributed by atoms with E-state index in [1.807, 2.05) is 12.1 Å². The van der Waals surface area contributed by atoms with Gasteiger partial charge in [-0.2, -0.15) is 0 Å². The molecule has 1 aliphatic carbocycles. The molecule has 0 radical (unpaired) electrons. The number of benzene rings is 1. The van der Waals surface area contributed by atoms with E-state index in [2.05, 4.69) is 25.9 Å². The van der Waals surface area contributed by atoms with E-state index in [0.717, 1.165) is 40.6 Å². The van der Waals surface area contributed by atoms with Gasteiger partial charge in [0, 0.05) is 15.6 Å². The lowest BCUT2D eigenvalue weighted by Gasteiger charge is -2.06. The Morgan fingerprint density at radius 3 is 3.00 bits per heavy atom. The van der Waals surface area contributed by atoms with E-state index in [9.17, 15) is 4.79 Å². The molecule has 1 aromatic heterocycles. The molecule has 2 aromatic rings. The van der Waals surface area contributed by atoms with Crippen LogP contribution < -0.4 is 5.56 Å². The number of hydrogen-bond donors (Lipinski definition) is 1. The summed E-state index contributed by atoms with van der Waals surface area (Å²) in [5, 5.41) is 0.583. The zero-order valence-electron chi connectivity index (χ0n) is 9.46. The van der Waals surface area contributed by atoms with Crippen molar-refractivity contribution in [2.75, 3.05) is 0 Å². The van der Waals surface area contributed by atoms with Crippen LogP contribution >= 0.6 is 27.5 Å². The molecule has 0 amide bonds. The molecule has 0 atom stereocenters. The van der Waals surface area contributed by atoms with Gasteiger partial charge in [0.1, 0.15) is 5.82 Å². The van der Waals surface area contributed by atoms with Crippen molar-refractivity contribution in [3.05, 3.63) is 49.3 Å². The first-order valence-corrected chi connectivity index (χ1v) is 6.90. The third-order valence-corrected chi connectivity index (χ3v) is 3.95. The summed E-state index contributed by atoms with van der Waals surface area (Å²) >= 11 is 9.55. The van der Waals surface area contributed by atoms with Gasteiger partial charge in [0.05, 0.1) is 10.7 Å². The van der Waals surface area contributed by atoms with Crippen LogP contribution in [-0.4, -0.2) is 9.97 Å². The molecule has 1 aliphatic rings. The second-order valence-corrected chi connectivity index (χ2v) is 5.64. The van der Waals surface area contributed by atoms with Crippen molar-refractivity contribution >= 4 is 27.5 Å². The minimum atomic E-state index is -0.0384. The van der Waals surface area contributed by atoms with Gasteiger partial charge in [-0.3, -0.25) is 4.79 Å². The maximum atomic E-state index is 12.0. The van der Waals surface area contributed by atoms with Crippen molar-refractivity contribution in [1.82, 2.24) is 9.97 Å². The molecule has 5 heteroatoms. The number of aryl methyl sites for hydroxylation is 1. The first kappa shape index (κ1) is 11.9. The maximum Gasteiger partial charge on any atom is 0.254 e. The average molecular weight is 326 g/mol. The molecule has 0 saturated carbocycles. The molecule has 18 heavy (non-hydrogen) atoms. The summed E-state index contributed by atoms with van der Waals surface area (Å²) in [4.78, 5) is 19.3. The Balaban J connectivity index is 2.21. The summed E-state index contributed by atoms with van der Waals surface area (Å²) in [7, 11) is 0. The van der Waals surface area contributed by atoms with Gasteiger partial charge in [-0.05, 0) is 37.5 Å². The van der Waals surface area contributed by atoms with E-state index >= 15 is 0 Å². The number of rotatable bonds is 1. The molecule has 1 heterocycles. The molecule has 0 bridgehead atoms. The van der Waals surface area contributed by atoms with Gasteiger partial charge < -0.3 is 4.98 Å². The monoisotopic (exact) mass is 324 g/mol. The van der Waals surface area contributed by atoms with Crippen molar-refractivity contribution in [2.24, 2.45) is 0 Å². The number of nitrogens with one attached hydrogen (secondary N) is 1. The molecule has 0 saturated heterocycles. The molecule has 1 N–H and O–H groups in total. The smallest absolute Gasteiger partial charge is 0.254 e. The molecule has 0 spiro atoms. The second kappa shape index (κ2) is 4.52. The van der Waals surface area contributed by atoms with Gasteiger partial charge in [0.15, 0.2) is 0 Å². The zero-order valence-corrected chi connectivity index (χ0v) is 11.8. The number of aromatic amines is 1. The molecule has 0 fully saturated rings. The standard InChI is InChI=1S/C13H10BrClN2O/c14-7-4-5-10(15)9(6-7)12-16-11-3-1-2-8(11)13(18)17-12/h4-6H,1-3H2,(H,16,17,18). The lowest BCUT2D eigenvalue weighted by atomic mass is 10.2. The highest BCUT2D eigenvalue weighted by molar-refractivity contribution is 9.10.